The van der Waals surface area contributed by atoms with Gasteiger partial charge in [-0.1, -0.05) is 22.0 Å². The van der Waals surface area contributed by atoms with Gasteiger partial charge in [0.05, 0.1) is 11.5 Å². The zero-order valence-corrected chi connectivity index (χ0v) is 9.98. The average molecular weight is 250 g/mol. The van der Waals surface area contributed by atoms with E-state index in [1.54, 1.807) is 0 Å². The molecule has 0 N–H and O–H groups in total. The van der Waals surface area contributed by atoms with Crippen molar-refractivity contribution in [3.63, 3.8) is 0 Å². The highest BCUT2D eigenvalue weighted by atomic mass is 79.9. The van der Waals surface area contributed by atoms with Gasteiger partial charge in [0.2, 0.25) is 0 Å². The fraction of sp³-hybridized carbons (Fsp3) is 0.417. The van der Waals surface area contributed by atoms with Crippen LogP contribution in [-0.2, 0) is 5.41 Å². The predicted molar refractivity (Wildman–Crippen MR) is 60.1 cm³/mol. The predicted octanol–water partition coefficient (Wildman–Crippen LogP) is 3.62. The fourth-order valence-electron chi connectivity index (χ4n) is 1.87. The number of rotatable bonds is 1. The van der Waals surface area contributed by atoms with Gasteiger partial charge >= 0.3 is 0 Å². The van der Waals surface area contributed by atoms with Crippen molar-refractivity contribution in [2.75, 3.05) is 0 Å². The molecule has 0 unspecified atom stereocenters. The summed E-state index contributed by atoms with van der Waals surface area (Å²) in [4.78, 5) is 0. The normalized spacial score (nSPS) is 17.6. The van der Waals surface area contributed by atoms with Crippen molar-refractivity contribution >= 4 is 15.9 Å². The van der Waals surface area contributed by atoms with Crippen molar-refractivity contribution in [3.05, 3.63) is 33.3 Å². The molecule has 1 fully saturated rings. The number of nitrogens with zero attached hydrogens (tertiary/aromatic N) is 1. The van der Waals surface area contributed by atoms with Crippen LogP contribution in [0.25, 0.3) is 0 Å². The lowest BCUT2D eigenvalue weighted by Crippen LogP contribution is -2.06. The van der Waals surface area contributed by atoms with Crippen LogP contribution in [0, 0.1) is 25.2 Å². The van der Waals surface area contributed by atoms with Crippen molar-refractivity contribution < 1.29 is 0 Å². The largest absolute Gasteiger partial charge is 0.197 e. The Morgan fingerprint density at radius 1 is 1.29 bits per heavy atom. The van der Waals surface area contributed by atoms with Crippen LogP contribution in [0.4, 0.5) is 0 Å². The Bertz CT molecular complexity index is 425. The van der Waals surface area contributed by atoms with Crippen LogP contribution >= 0.6 is 15.9 Å². The molecule has 2 heteroatoms. The molecular weight excluding hydrogens is 238 g/mol. The minimum atomic E-state index is -0.157. The lowest BCUT2D eigenvalue weighted by atomic mass is 9.91. The Morgan fingerprint density at radius 3 is 2.43 bits per heavy atom. The van der Waals surface area contributed by atoms with E-state index in [0.717, 1.165) is 17.3 Å². The van der Waals surface area contributed by atoms with E-state index in [1.807, 2.05) is 0 Å². The molecule has 1 saturated carbocycles. The quantitative estimate of drug-likeness (QED) is 0.746. The smallest absolute Gasteiger partial charge is 0.0826 e. The number of nitriles is 1. The number of hydrogen-bond donors (Lipinski definition) is 0. The Hall–Kier alpha value is -0.810. The molecule has 0 aromatic heterocycles. The minimum absolute atomic E-state index is 0.157. The molecular formula is C12H12BrN. The van der Waals surface area contributed by atoms with Crippen molar-refractivity contribution in [2.45, 2.75) is 32.1 Å². The van der Waals surface area contributed by atoms with Gasteiger partial charge in [0, 0.05) is 4.47 Å². The zero-order chi connectivity index (χ0) is 10.3. The molecule has 0 saturated heterocycles. The third kappa shape index (κ3) is 1.27. The van der Waals surface area contributed by atoms with Gasteiger partial charge in [-0.2, -0.15) is 5.26 Å². The van der Waals surface area contributed by atoms with Gasteiger partial charge in [0.1, 0.15) is 0 Å². The monoisotopic (exact) mass is 249 g/mol. The lowest BCUT2D eigenvalue weighted by molar-refractivity contribution is 0.890. The molecule has 72 valence electrons. The summed E-state index contributed by atoms with van der Waals surface area (Å²) in [5.74, 6) is 0. The van der Waals surface area contributed by atoms with E-state index in [1.165, 1.54) is 16.7 Å². The maximum absolute atomic E-state index is 9.13. The second-order valence-electron chi connectivity index (χ2n) is 4.04. The molecule has 1 nitrogen and oxygen atoms in total. The molecule has 14 heavy (non-hydrogen) atoms. The molecule has 0 bridgehead atoms. The van der Waals surface area contributed by atoms with Crippen LogP contribution in [-0.4, -0.2) is 0 Å². The Labute approximate surface area is 92.9 Å². The second kappa shape index (κ2) is 3.10. The van der Waals surface area contributed by atoms with Gasteiger partial charge in [-0.25, -0.2) is 0 Å². The van der Waals surface area contributed by atoms with E-state index < -0.39 is 0 Å². The first-order valence-corrected chi connectivity index (χ1v) is 5.57. The van der Waals surface area contributed by atoms with E-state index in [2.05, 4.69) is 48.0 Å². The summed E-state index contributed by atoms with van der Waals surface area (Å²) in [7, 11) is 0. The van der Waals surface area contributed by atoms with E-state index in [9.17, 15) is 0 Å². The van der Waals surface area contributed by atoms with Crippen molar-refractivity contribution in [2.24, 2.45) is 0 Å². The van der Waals surface area contributed by atoms with Gasteiger partial charge in [0.15, 0.2) is 0 Å². The molecule has 1 aromatic carbocycles. The summed E-state index contributed by atoms with van der Waals surface area (Å²) in [5.41, 5.74) is 3.58. The maximum atomic E-state index is 9.13. The van der Waals surface area contributed by atoms with E-state index in [0.29, 0.717) is 0 Å². The van der Waals surface area contributed by atoms with Crippen LogP contribution < -0.4 is 0 Å². The van der Waals surface area contributed by atoms with Gasteiger partial charge < -0.3 is 0 Å². The van der Waals surface area contributed by atoms with Crippen LogP contribution in [0.2, 0.25) is 0 Å². The topological polar surface area (TPSA) is 23.8 Å². The summed E-state index contributed by atoms with van der Waals surface area (Å²) < 4.78 is 1.13. The number of halogens is 1. The molecule has 0 atom stereocenters. The summed E-state index contributed by atoms with van der Waals surface area (Å²) in [5, 5.41) is 9.13. The van der Waals surface area contributed by atoms with Gasteiger partial charge in [-0.3, -0.25) is 0 Å². The highest BCUT2D eigenvalue weighted by Gasteiger charge is 2.45. The second-order valence-corrected chi connectivity index (χ2v) is 4.89. The molecule has 0 aliphatic heterocycles. The van der Waals surface area contributed by atoms with Crippen LogP contribution in [0.15, 0.2) is 16.6 Å². The Balaban J connectivity index is 2.57. The Morgan fingerprint density at radius 2 is 1.93 bits per heavy atom. The van der Waals surface area contributed by atoms with E-state index >= 15 is 0 Å². The van der Waals surface area contributed by atoms with Gasteiger partial charge in [-0.15, -0.1) is 0 Å². The van der Waals surface area contributed by atoms with Gasteiger partial charge in [-0.05, 0) is 49.4 Å². The molecule has 1 aromatic rings. The maximum Gasteiger partial charge on any atom is 0.0826 e. The van der Waals surface area contributed by atoms with Crippen molar-refractivity contribution in [3.8, 4) is 6.07 Å². The van der Waals surface area contributed by atoms with Gasteiger partial charge in [0.25, 0.3) is 0 Å². The van der Waals surface area contributed by atoms with E-state index in [-0.39, 0.29) is 5.41 Å². The minimum Gasteiger partial charge on any atom is -0.197 e. The highest BCUT2D eigenvalue weighted by Crippen LogP contribution is 2.49. The summed E-state index contributed by atoms with van der Waals surface area (Å²) in [6, 6.07) is 6.58. The third-order valence-electron chi connectivity index (χ3n) is 3.20. The average Bonchev–Trinajstić information content (AvgIpc) is 2.95. The first kappa shape index (κ1) is 9.73. The SMILES string of the molecule is Cc1c(Br)ccc(C2(C#N)CC2)c1C. The fourth-order valence-corrected chi connectivity index (χ4v) is 2.30. The Kier molecular flexibility index (Phi) is 2.16. The first-order chi connectivity index (χ1) is 6.60. The van der Waals surface area contributed by atoms with Crippen LogP contribution in [0.1, 0.15) is 29.5 Å². The van der Waals surface area contributed by atoms with Crippen LogP contribution in [0.5, 0.6) is 0 Å². The zero-order valence-electron chi connectivity index (χ0n) is 8.39. The summed E-state index contributed by atoms with van der Waals surface area (Å²) in [6.45, 7) is 4.20. The standard InChI is InChI=1S/C12H12BrN/c1-8-9(2)11(13)4-3-10(8)12(7-14)5-6-12/h3-4H,5-6H2,1-2H3. The molecule has 0 spiro atoms. The van der Waals surface area contributed by atoms with E-state index in [4.69, 9.17) is 5.26 Å². The molecule has 0 radical (unpaired) electrons. The molecule has 0 amide bonds. The number of benzene rings is 1. The first-order valence-electron chi connectivity index (χ1n) is 4.78. The summed E-state index contributed by atoms with van der Waals surface area (Å²) in [6.07, 6.45) is 2.04. The molecule has 0 heterocycles. The van der Waals surface area contributed by atoms with Crippen LogP contribution in [0.3, 0.4) is 0 Å². The lowest BCUT2D eigenvalue weighted by Gasteiger charge is -2.13. The highest BCUT2D eigenvalue weighted by molar-refractivity contribution is 9.10. The van der Waals surface area contributed by atoms with Crippen molar-refractivity contribution in [1.82, 2.24) is 0 Å². The summed E-state index contributed by atoms with van der Waals surface area (Å²) >= 11 is 3.51. The number of hydrogen-bond acceptors (Lipinski definition) is 1. The molecule has 1 aliphatic rings. The van der Waals surface area contributed by atoms with Crippen molar-refractivity contribution in [1.29, 1.82) is 5.26 Å². The molecule has 2 rings (SSSR count). The third-order valence-corrected chi connectivity index (χ3v) is 4.06. The molecule has 1 aliphatic carbocycles.